The van der Waals surface area contributed by atoms with Crippen molar-refractivity contribution >= 4 is 28.3 Å². The van der Waals surface area contributed by atoms with Crippen molar-refractivity contribution in [1.82, 2.24) is 9.36 Å². The van der Waals surface area contributed by atoms with Crippen molar-refractivity contribution < 1.29 is 13.6 Å². The van der Waals surface area contributed by atoms with E-state index in [-0.39, 0.29) is 5.13 Å². The van der Waals surface area contributed by atoms with E-state index in [1.807, 2.05) is 0 Å². The third kappa shape index (κ3) is 2.43. The number of nitrogen functional groups attached to an aromatic ring is 1. The van der Waals surface area contributed by atoms with Gasteiger partial charge < -0.3 is 5.73 Å². The summed E-state index contributed by atoms with van der Waals surface area (Å²) >= 11 is 0.946. The number of halogens is 2. The Balaban J connectivity index is 2.29. The summed E-state index contributed by atoms with van der Waals surface area (Å²) in [5, 5.41) is 2.53. The van der Waals surface area contributed by atoms with Crippen LogP contribution in [-0.4, -0.2) is 15.3 Å². The summed E-state index contributed by atoms with van der Waals surface area (Å²) < 4.78 is 30.5. The molecule has 0 atom stereocenters. The van der Waals surface area contributed by atoms with E-state index in [1.54, 1.807) is 6.92 Å². The van der Waals surface area contributed by atoms with E-state index in [0.717, 1.165) is 23.7 Å². The molecule has 1 amide bonds. The van der Waals surface area contributed by atoms with Gasteiger partial charge in [-0.15, -0.1) is 0 Å². The molecule has 0 aliphatic rings. The maximum absolute atomic E-state index is 13.6. The maximum atomic E-state index is 13.6. The average Bonchev–Trinajstić information content (AvgIpc) is 2.69. The first kappa shape index (κ1) is 12.4. The number of hydrogen-bond donors (Lipinski definition) is 2. The Labute approximate surface area is 105 Å². The van der Waals surface area contributed by atoms with Crippen LogP contribution in [0.15, 0.2) is 12.1 Å². The zero-order chi connectivity index (χ0) is 13.3. The highest BCUT2D eigenvalue weighted by Gasteiger charge is 2.17. The Bertz CT molecular complexity index is 614. The molecule has 1 aromatic carbocycles. The molecule has 0 aliphatic heterocycles. The maximum Gasteiger partial charge on any atom is 0.260 e. The van der Waals surface area contributed by atoms with Crippen molar-refractivity contribution in [1.29, 1.82) is 0 Å². The van der Waals surface area contributed by atoms with Crippen LogP contribution in [0.25, 0.3) is 0 Å². The van der Waals surface area contributed by atoms with Gasteiger partial charge in [0.25, 0.3) is 5.91 Å². The molecule has 18 heavy (non-hydrogen) atoms. The number of amides is 1. The number of aromatic nitrogens is 2. The first-order valence-corrected chi connectivity index (χ1v) is 5.61. The van der Waals surface area contributed by atoms with E-state index in [1.165, 1.54) is 0 Å². The number of nitrogens with zero attached hydrogens (tertiary/aromatic N) is 2. The van der Waals surface area contributed by atoms with Gasteiger partial charge in [-0.05, 0) is 19.1 Å². The largest absolute Gasteiger partial charge is 0.396 e. The van der Waals surface area contributed by atoms with E-state index in [0.29, 0.717) is 5.82 Å². The lowest BCUT2D eigenvalue weighted by molar-refractivity contribution is 0.102. The average molecular weight is 270 g/mol. The zero-order valence-electron chi connectivity index (χ0n) is 9.20. The summed E-state index contributed by atoms with van der Waals surface area (Å²) in [6.45, 7) is 1.65. The molecular formula is C10H8F2N4OS. The Morgan fingerprint density at radius 2 is 2.17 bits per heavy atom. The molecule has 1 aromatic heterocycles. The van der Waals surface area contributed by atoms with Crippen molar-refractivity contribution in [3.8, 4) is 0 Å². The van der Waals surface area contributed by atoms with E-state index in [9.17, 15) is 13.6 Å². The lowest BCUT2D eigenvalue weighted by atomic mass is 10.1. The van der Waals surface area contributed by atoms with Crippen LogP contribution >= 0.6 is 11.5 Å². The minimum atomic E-state index is -0.963. The number of nitrogens with two attached hydrogens (primary N) is 1. The molecular weight excluding hydrogens is 262 g/mol. The Kier molecular flexibility index (Phi) is 3.19. The van der Waals surface area contributed by atoms with Crippen LogP contribution in [0.2, 0.25) is 0 Å². The van der Waals surface area contributed by atoms with Gasteiger partial charge in [0.15, 0.2) is 5.82 Å². The number of benzene rings is 1. The molecule has 3 N–H and O–H groups in total. The number of carbonyl (C=O) groups is 1. The van der Waals surface area contributed by atoms with E-state index < -0.39 is 28.8 Å². The number of carbonyl (C=O) groups excluding carboxylic acids is 1. The quantitative estimate of drug-likeness (QED) is 0.817. The van der Waals surface area contributed by atoms with E-state index in [4.69, 9.17) is 5.73 Å². The molecule has 2 aromatic rings. The number of rotatable bonds is 2. The summed E-state index contributed by atoms with van der Waals surface area (Å²) in [5.41, 5.74) is 4.34. The Morgan fingerprint density at radius 3 is 2.78 bits per heavy atom. The Morgan fingerprint density at radius 1 is 1.44 bits per heavy atom. The molecule has 0 aliphatic carbocycles. The predicted molar refractivity (Wildman–Crippen MR) is 63.4 cm³/mol. The van der Waals surface area contributed by atoms with Gasteiger partial charge in [-0.25, -0.2) is 13.8 Å². The van der Waals surface area contributed by atoms with Crippen molar-refractivity contribution in [2.45, 2.75) is 6.92 Å². The summed E-state index contributed by atoms with van der Waals surface area (Å²) in [6, 6.07) is 1.58. The molecule has 94 valence electrons. The molecule has 0 unspecified atom stereocenters. The smallest absolute Gasteiger partial charge is 0.260 e. The second-order valence-corrected chi connectivity index (χ2v) is 4.21. The summed E-state index contributed by atoms with van der Waals surface area (Å²) in [6.07, 6.45) is 0. The van der Waals surface area contributed by atoms with Crippen LogP contribution in [0.4, 0.5) is 19.6 Å². The monoisotopic (exact) mass is 270 g/mol. The molecule has 5 nitrogen and oxygen atoms in total. The van der Waals surface area contributed by atoms with Gasteiger partial charge in [0, 0.05) is 11.5 Å². The fraction of sp³-hybridized carbons (Fsp3) is 0.100. The van der Waals surface area contributed by atoms with Crippen molar-refractivity contribution in [2.75, 3.05) is 11.1 Å². The topological polar surface area (TPSA) is 80.9 Å². The minimum absolute atomic E-state index is 0.208. The fourth-order valence-corrected chi connectivity index (χ4v) is 1.86. The molecule has 0 saturated carbocycles. The predicted octanol–water partition coefficient (Wildman–Crippen LogP) is 1.96. The highest BCUT2D eigenvalue weighted by atomic mass is 32.1. The number of aryl methyl sites for hydroxylation is 1. The minimum Gasteiger partial charge on any atom is -0.396 e. The van der Waals surface area contributed by atoms with Crippen molar-refractivity contribution in [3.05, 3.63) is 35.2 Å². The first-order chi connectivity index (χ1) is 8.47. The first-order valence-electron chi connectivity index (χ1n) is 4.83. The second kappa shape index (κ2) is 4.65. The lowest BCUT2D eigenvalue weighted by Gasteiger charge is -2.05. The van der Waals surface area contributed by atoms with Gasteiger partial charge in [0.05, 0.1) is 11.3 Å². The number of hydrogen-bond acceptors (Lipinski definition) is 5. The summed E-state index contributed by atoms with van der Waals surface area (Å²) in [4.78, 5) is 15.6. The molecule has 0 fully saturated rings. The van der Waals surface area contributed by atoms with E-state index in [2.05, 4.69) is 14.7 Å². The van der Waals surface area contributed by atoms with E-state index >= 15 is 0 Å². The van der Waals surface area contributed by atoms with Gasteiger partial charge in [0.2, 0.25) is 5.13 Å². The fourth-order valence-electron chi connectivity index (χ4n) is 1.29. The summed E-state index contributed by atoms with van der Waals surface area (Å²) in [5.74, 6) is -2.09. The SMILES string of the molecule is Cc1nsc(NC(=O)c2cc(F)cc(N)c2F)n1. The van der Waals surface area contributed by atoms with Gasteiger partial charge >= 0.3 is 0 Å². The second-order valence-electron chi connectivity index (χ2n) is 3.46. The van der Waals surface area contributed by atoms with Gasteiger partial charge in [-0.3, -0.25) is 10.1 Å². The van der Waals surface area contributed by atoms with Gasteiger partial charge in [-0.1, -0.05) is 0 Å². The van der Waals surface area contributed by atoms with Crippen LogP contribution in [0, 0.1) is 18.6 Å². The molecule has 0 bridgehead atoms. The summed E-state index contributed by atoms with van der Waals surface area (Å²) in [7, 11) is 0. The van der Waals surface area contributed by atoms with Crippen LogP contribution in [-0.2, 0) is 0 Å². The molecule has 1 heterocycles. The van der Waals surface area contributed by atoms with Crippen molar-refractivity contribution in [3.63, 3.8) is 0 Å². The van der Waals surface area contributed by atoms with Gasteiger partial charge in [0.1, 0.15) is 11.6 Å². The molecule has 2 rings (SSSR count). The molecule has 0 radical (unpaired) electrons. The van der Waals surface area contributed by atoms with Crippen molar-refractivity contribution in [2.24, 2.45) is 0 Å². The van der Waals surface area contributed by atoms with Crippen LogP contribution < -0.4 is 11.1 Å². The molecule has 0 spiro atoms. The van der Waals surface area contributed by atoms with Gasteiger partial charge in [-0.2, -0.15) is 4.37 Å². The highest BCUT2D eigenvalue weighted by molar-refractivity contribution is 7.09. The lowest BCUT2D eigenvalue weighted by Crippen LogP contribution is -2.15. The normalized spacial score (nSPS) is 10.4. The number of nitrogens with one attached hydrogen (secondary N) is 1. The number of anilines is 2. The van der Waals surface area contributed by atoms with Crippen LogP contribution in [0.5, 0.6) is 0 Å². The highest BCUT2D eigenvalue weighted by Crippen LogP contribution is 2.19. The Hall–Kier alpha value is -2.09. The molecule has 8 heteroatoms. The molecule has 0 saturated heterocycles. The van der Waals surface area contributed by atoms with Crippen LogP contribution in [0.3, 0.4) is 0 Å². The third-order valence-electron chi connectivity index (χ3n) is 2.06. The zero-order valence-corrected chi connectivity index (χ0v) is 10.0. The third-order valence-corrected chi connectivity index (χ3v) is 2.78. The standard InChI is InChI=1S/C10H8F2N4OS/c1-4-14-10(18-16-4)15-9(17)6-2-5(11)3-7(13)8(6)12/h2-3H,13H2,1H3,(H,14,15,16,17). The van der Waals surface area contributed by atoms with Crippen LogP contribution in [0.1, 0.15) is 16.2 Å².